The first-order valence-electron chi connectivity index (χ1n) is 8.32. The molecule has 0 radical (unpaired) electrons. The summed E-state index contributed by atoms with van der Waals surface area (Å²) in [5.41, 5.74) is -0.217. The van der Waals surface area contributed by atoms with Crippen LogP contribution in [0.4, 0.5) is 0 Å². The molecule has 1 rings (SSSR count). The van der Waals surface area contributed by atoms with Gasteiger partial charge in [0.15, 0.2) is 0 Å². The fourth-order valence-electron chi connectivity index (χ4n) is 3.45. The van der Waals surface area contributed by atoms with Crippen LogP contribution in [0.1, 0.15) is 66.7 Å². The van der Waals surface area contributed by atoms with Crippen molar-refractivity contribution in [3.05, 3.63) is 0 Å². The van der Waals surface area contributed by atoms with E-state index in [9.17, 15) is 4.79 Å². The summed E-state index contributed by atoms with van der Waals surface area (Å²) in [6.07, 6.45) is 5.60. The number of hydrogen-bond acceptors (Lipinski definition) is 4. The van der Waals surface area contributed by atoms with Gasteiger partial charge in [0.2, 0.25) is 0 Å². The van der Waals surface area contributed by atoms with Crippen molar-refractivity contribution in [2.24, 2.45) is 0 Å². The van der Waals surface area contributed by atoms with Crippen molar-refractivity contribution in [2.75, 3.05) is 20.2 Å². The summed E-state index contributed by atoms with van der Waals surface area (Å²) < 4.78 is 4.97. The zero-order chi connectivity index (χ0) is 16.1. The van der Waals surface area contributed by atoms with Crippen LogP contribution in [-0.2, 0) is 9.53 Å². The third kappa shape index (κ3) is 5.26. The molecular weight excluding hydrogens is 264 g/mol. The summed E-state index contributed by atoms with van der Waals surface area (Å²) in [6, 6.07) is 0.270. The summed E-state index contributed by atoms with van der Waals surface area (Å²) in [6.45, 7) is 13.1. The Labute approximate surface area is 130 Å². The average Bonchev–Trinajstić information content (AvgIpc) is 2.72. The minimum Gasteiger partial charge on any atom is -0.468 e. The Hall–Kier alpha value is -0.610. The van der Waals surface area contributed by atoms with Crippen LogP contribution in [0, 0.1) is 0 Å². The van der Waals surface area contributed by atoms with Crippen LogP contribution < -0.4 is 5.32 Å². The number of ether oxygens (including phenoxy) is 1. The Kier molecular flexibility index (Phi) is 6.67. The van der Waals surface area contributed by atoms with Gasteiger partial charge in [0.25, 0.3) is 0 Å². The topological polar surface area (TPSA) is 41.6 Å². The van der Waals surface area contributed by atoms with Crippen molar-refractivity contribution in [3.8, 4) is 0 Å². The third-order valence-electron chi connectivity index (χ3n) is 4.67. The van der Waals surface area contributed by atoms with Crippen LogP contribution in [-0.4, -0.2) is 48.2 Å². The summed E-state index contributed by atoms with van der Waals surface area (Å²) in [4.78, 5) is 14.6. The molecule has 1 saturated heterocycles. The van der Waals surface area contributed by atoms with E-state index in [1.807, 2.05) is 6.92 Å². The van der Waals surface area contributed by atoms with E-state index in [0.717, 1.165) is 25.8 Å². The number of esters is 1. The van der Waals surface area contributed by atoms with E-state index in [-0.39, 0.29) is 12.0 Å². The lowest BCUT2D eigenvalue weighted by molar-refractivity contribution is -0.148. The summed E-state index contributed by atoms with van der Waals surface area (Å²) in [5.74, 6) is -0.155. The molecule has 0 aromatic heterocycles. The lowest BCUT2D eigenvalue weighted by Crippen LogP contribution is -2.53. The van der Waals surface area contributed by atoms with Gasteiger partial charge >= 0.3 is 5.97 Å². The second kappa shape index (κ2) is 7.59. The van der Waals surface area contributed by atoms with Crippen molar-refractivity contribution in [2.45, 2.75) is 83.8 Å². The van der Waals surface area contributed by atoms with Crippen LogP contribution in [0.2, 0.25) is 0 Å². The van der Waals surface area contributed by atoms with Crippen molar-refractivity contribution < 1.29 is 9.53 Å². The molecule has 1 unspecified atom stereocenters. The monoisotopic (exact) mass is 298 g/mol. The van der Waals surface area contributed by atoms with Gasteiger partial charge in [-0.05, 0) is 79.8 Å². The molecule has 1 aliphatic rings. The maximum absolute atomic E-state index is 12.0. The Bertz CT molecular complexity index is 342. The Morgan fingerprint density at radius 3 is 2.52 bits per heavy atom. The maximum atomic E-state index is 12.0. The molecule has 1 heterocycles. The number of hydrogen-bond donors (Lipinski definition) is 1. The van der Waals surface area contributed by atoms with E-state index in [4.69, 9.17) is 4.74 Å². The van der Waals surface area contributed by atoms with Gasteiger partial charge in [-0.1, -0.05) is 0 Å². The van der Waals surface area contributed by atoms with Gasteiger partial charge in [0, 0.05) is 11.6 Å². The summed E-state index contributed by atoms with van der Waals surface area (Å²) in [5, 5.41) is 3.36. The fraction of sp³-hybridized carbons (Fsp3) is 0.941. The molecular formula is C17H34N2O2. The first-order valence-corrected chi connectivity index (χ1v) is 8.32. The quantitative estimate of drug-likeness (QED) is 0.552. The number of likely N-dealkylation sites (tertiary alicyclic amines) is 1. The Morgan fingerprint density at radius 1 is 1.38 bits per heavy atom. The van der Waals surface area contributed by atoms with Crippen molar-refractivity contribution in [3.63, 3.8) is 0 Å². The highest BCUT2D eigenvalue weighted by atomic mass is 16.5. The predicted molar refractivity (Wildman–Crippen MR) is 87.4 cm³/mol. The largest absolute Gasteiger partial charge is 0.468 e. The molecule has 0 aromatic carbocycles. The highest BCUT2D eigenvalue weighted by Gasteiger charge is 2.35. The summed E-state index contributed by atoms with van der Waals surface area (Å²) in [7, 11) is 1.47. The number of unbranched alkanes of at least 4 members (excludes halogenated alkanes) is 1. The lowest BCUT2D eigenvalue weighted by atomic mass is 9.93. The number of carbonyl (C=O) groups is 1. The van der Waals surface area contributed by atoms with Gasteiger partial charge in [-0.15, -0.1) is 0 Å². The van der Waals surface area contributed by atoms with Crippen LogP contribution in [0.5, 0.6) is 0 Å². The maximum Gasteiger partial charge on any atom is 0.325 e. The number of methoxy groups -OCH3 is 1. The van der Waals surface area contributed by atoms with Crippen molar-refractivity contribution in [1.29, 1.82) is 0 Å². The van der Waals surface area contributed by atoms with Gasteiger partial charge in [-0.3, -0.25) is 15.0 Å². The van der Waals surface area contributed by atoms with Crippen molar-refractivity contribution in [1.82, 2.24) is 10.2 Å². The molecule has 0 aliphatic carbocycles. The van der Waals surface area contributed by atoms with Gasteiger partial charge in [-0.25, -0.2) is 0 Å². The molecule has 0 aromatic rings. The van der Waals surface area contributed by atoms with E-state index in [2.05, 4.69) is 37.9 Å². The number of nitrogens with zero attached hydrogens (tertiary/aromatic N) is 1. The predicted octanol–water partition coefficient (Wildman–Crippen LogP) is 2.96. The first-order chi connectivity index (χ1) is 9.71. The van der Waals surface area contributed by atoms with Gasteiger partial charge in [-0.2, -0.15) is 0 Å². The third-order valence-corrected chi connectivity index (χ3v) is 4.67. The van der Waals surface area contributed by atoms with Crippen LogP contribution in [0.3, 0.4) is 0 Å². The van der Waals surface area contributed by atoms with Gasteiger partial charge in [0.1, 0.15) is 5.54 Å². The Morgan fingerprint density at radius 2 is 2.05 bits per heavy atom. The average molecular weight is 298 g/mol. The number of rotatable bonds is 8. The van der Waals surface area contributed by atoms with E-state index in [0.29, 0.717) is 5.54 Å². The molecule has 1 aliphatic heterocycles. The highest BCUT2D eigenvalue weighted by molar-refractivity contribution is 5.80. The van der Waals surface area contributed by atoms with E-state index < -0.39 is 5.54 Å². The first kappa shape index (κ1) is 18.4. The molecule has 1 N–H and O–H groups in total. The lowest BCUT2D eigenvalue weighted by Gasteiger charge is -2.33. The van der Waals surface area contributed by atoms with E-state index in [1.165, 1.54) is 26.5 Å². The second-order valence-electron chi connectivity index (χ2n) is 7.48. The molecule has 124 valence electrons. The van der Waals surface area contributed by atoms with Crippen LogP contribution >= 0.6 is 0 Å². The standard InChI is InChI=1S/C17H34N2O2/c1-14(2)18-17(5,15(20)21-6)11-7-8-12-19-13-9-10-16(19,3)4/h14,18H,7-13H2,1-6H3. The number of nitrogens with one attached hydrogen (secondary N) is 1. The smallest absolute Gasteiger partial charge is 0.325 e. The van der Waals surface area contributed by atoms with Crippen molar-refractivity contribution >= 4 is 5.97 Å². The van der Waals surface area contributed by atoms with Gasteiger partial charge in [0.05, 0.1) is 7.11 Å². The molecule has 0 saturated carbocycles. The molecule has 0 bridgehead atoms. The molecule has 0 amide bonds. The van der Waals surface area contributed by atoms with E-state index in [1.54, 1.807) is 0 Å². The van der Waals surface area contributed by atoms with Gasteiger partial charge < -0.3 is 4.74 Å². The van der Waals surface area contributed by atoms with E-state index >= 15 is 0 Å². The number of carbonyl (C=O) groups excluding carboxylic acids is 1. The second-order valence-corrected chi connectivity index (χ2v) is 7.48. The molecule has 4 nitrogen and oxygen atoms in total. The van der Waals surface area contributed by atoms with Crippen LogP contribution in [0.25, 0.3) is 0 Å². The fourth-order valence-corrected chi connectivity index (χ4v) is 3.45. The SMILES string of the molecule is COC(=O)C(C)(CCCCN1CCCC1(C)C)NC(C)C. The molecule has 21 heavy (non-hydrogen) atoms. The normalized spacial score (nSPS) is 21.5. The molecule has 1 fully saturated rings. The minimum atomic E-state index is -0.566. The molecule has 1 atom stereocenters. The van der Waals surface area contributed by atoms with Crippen LogP contribution in [0.15, 0.2) is 0 Å². The summed E-state index contributed by atoms with van der Waals surface area (Å²) >= 11 is 0. The highest BCUT2D eigenvalue weighted by Crippen LogP contribution is 2.28. The zero-order valence-corrected chi connectivity index (χ0v) is 14.8. The zero-order valence-electron chi connectivity index (χ0n) is 14.8. The Balaban J connectivity index is 2.42. The minimum absolute atomic E-state index is 0.155. The molecule has 0 spiro atoms. The molecule has 4 heteroatoms.